The van der Waals surface area contributed by atoms with E-state index in [1.807, 2.05) is 6.92 Å². The van der Waals surface area contributed by atoms with Crippen molar-refractivity contribution in [3.63, 3.8) is 0 Å². The highest BCUT2D eigenvalue weighted by atomic mass is 79.9. The van der Waals surface area contributed by atoms with E-state index in [1.165, 1.54) is 13.0 Å². The van der Waals surface area contributed by atoms with E-state index in [4.69, 9.17) is 10.1 Å². The van der Waals surface area contributed by atoms with Gasteiger partial charge in [-0.05, 0) is 37.8 Å². The molecule has 0 aliphatic rings. The molecule has 1 rings (SSSR count). The number of benzene rings is 1. The quantitative estimate of drug-likeness (QED) is 0.363. The number of phenolic OH excluding ortho intramolecular Hbond substituents is 1. The number of hydrogen-bond donors (Lipinski definition) is 2. The highest BCUT2D eigenvalue weighted by Crippen LogP contribution is 2.38. The Kier molecular flexibility index (Phi) is 7.38. The largest absolute Gasteiger partial charge is 0.507 e. The minimum absolute atomic E-state index is 0.181. The third kappa shape index (κ3) is 5.12. The molecule has 3 nitrogen and oxygen atoms in total. The molecule has 0 unspecified atom stereocenters. The van der Waals surface area contributed by atoms with Gasteiger partial charge in [0.1, 0.15) is 17.2 Å². The lowest BCUT2D eigenvalue weighted by molar-refractivity contribution is -0.0589. The first-order valence-electron chi connectivity index (χ1n) is 7.44. The van der Waals surface area contributed by atoms with Gasteiger partial charge in [0.15, 0.2) is 0 Å². The molecule has 0 aromatic heterocycles. The van der Waals surface area contributed by atoms with Gasteiger partial charge >= 0.3 is 6.18 Å². The summed E-state index contributed by atoms with van der Waals surface area (Å²) >= 11 is 3.32. The van der Waals surface area contributed by atoms with Gasteiger partial charge < -0.3 is 9.84 Å². The van der Waals surface area contributed by atoms with E-state index in [1.54, 1.807) is 0 Å². The third-order valence-electron chi connectivity index (χ3n) is 3.38. The second-order valence-corrected chi connectivity index (χ2v) is 6.05. The summed E-state index contributed by atoms with van der Waals surface area (Å²) in [5.41, 5.74) is -1.48. The summed E-state index contributed by atoms with van der Waals surface area (Å²) in [7, 11) is 0. The fourth-order valence-electron chi connectivity index (χ4n) is 2.27. The van der Waals surface area contributed by atoms with Crippen LogP contribution in [0.25, 0.3) is 0 Å². The Balaban J connectivity index is 3.22. The van der Waals surface area contributed by atoms with Crippen LogP contribution in [0.15, 0.2) is 6.07 Å². The van der Waals surface area contributed by atoms with Crippen LogP contribution in [0, 0.1) is 12.3 Å². The smallest absolute Gasteiger partial charge is 0.433 e. The maximum Gasteiger partial charge on any atom is 0.433 e. The van der Waals surface area contributed by atoms with Crippen molar-refractivity contribution in [3.05, 3.63) is 22.8 Å². The number of halogens is 4. The van der Waals surface area contributed by atoms with Crippen LogP contribution in [0.3, 0.4) is 0 Å². The van der Waals surface area contributed by atoms with E-state index in [0.717, 1.165) is 18.2 Å². The van der Waals surface area contributed by atoms with Crippen LogP contribution in [0.1, 0.15) is 42.9 Å². The lowest BCUT2D eigenvalue weighted by Crippen LogP contribution is -2.24. The van der Waals surface area contributed by atoms with E-state index in [0.29, 0.717) is 30.8 Å². The first-order chi connectivity index (χ1) is 10.7. The highest BCUT2D eigenvalue weighted by molar-refractivity contribution is 9.09. The molecule has 7 heteroatoms. The molecular weight excluding hydrogens is 375 g/mol. The van der Waals surface area contributed by atoms with Crippen LogP contribution in [-0.2, 0) is 6.42 Å². The van der Waals surface area contributed by atoms with Crippen molar-refractivity contribution in [3.8, 4) is 11.5 Å². The number of phenols is 1. The molecule has 0 heterocycles. The third-order valence-corrected chi connectivity index (χ3v) is 3.94. The molecular formula is C16H21BrF3NO2. The molecule has 0 saturated carbocycles. The van der Waals surface area contributed by atoms with Crippen molar-refractivity contribution >= 4 is 21.6 Å². The molecule has 0 spiro atoms. The number of aromatic hydroxyl groups is 1. The minimum Gasteiger partial charge on any atom is -0.507 e. The predicted octanol–water partition coefficient (Wildman–Crippen LogP) is 5.14. The predicted molar refractivity (Wildman–Crippen MR) is 88.2 cm³/mol. The number of hydrogen-bond acceptors (Lipinski definition) is 3. The summed E-state index contributed by atoms with van der Waals surface area (Å²) in [4.78, 5) is 0. The zero-order chi connectivity index (χ0) is 17.6. The van der Waals surface area contributed by atoms with Gasteiger partial charge in [-0.25, -0.2) is 0 Å². The molecule has 0 fully saturated rings. The van der Waals surface area contributed by atoms with E-state index >= 15 is 0 Å². The Morgan fingerprint density at radius 1 is 1.35 bits per heavy atom. The molecule has 0 aliphatic heterocycles. The van der Waals surface area contributed by atoms with E-state index in [-0.39, 0.29) is 5.56 Å². The summed E-state index contributed by atoms with van der Waals surface area (Å²) in [6.45, 7) is 3.73. The topological polar surface area (TPSA) is 53.3 Å². The molecule has 0 atom stereocenters. The number of unbranched alkanes of at least 4 members (excludes halogenated alkanes) is 1. The lowest BCUT2D eigenvalue weighted by Gasteiger charge is -2.19. The van der Waals surface area contributed by atoms with Crippen molar-refractivity contribution in [1.29, 1.82) is 5.41 Å². The zero-order valence-corrected chi connectivity index (χ0v) is 14.8. The molecule has 130 valence electrons. The Morgan fingerprint density at radius 3 is 2.52 bits per heavy atom. The number of nitrogens with one attached hydrogen (secondary N) is 1. The normalized spacial score (nSPS) is 11.6. The van der Waals surface area contributed by atoms with Crippen LogP contribution in [-0.4, -0.2) is 28.9 Å². The monoisotopic (exact) mass is 395 g/mol. The van der Waals surface area contributed by atoms with Crippen molar-refractivity contribution in [2.24, 2.45) is 0 Å². The van der Waals surface area contributed by atoms with Gasteiger partial charge in [-0.1, -0.05) is 29.3 Å². The maximum absolute atomic E-state index is 12.8. The fraction of sp³-hybridized carbons (Fsp3) is 0.562. The Bertz CT molecular complexity index is 559. The SMILES string of the molecule is CCCc1c(OCCCCBr)cc(C)c(C(=N)C(F)(F)F)c1O. The van der Waals surface area contributed by atoms with Crippen molar-refractivity contribution < 1.29 is 23.0 Å². The highest BCUT2D eigenvalue weighted by Gasteiger charge is 2.38. The Morgan fingerprint density at radius 2 is 2.00 bits per heavy atom. The molecule has 23 heavy (non-hydrogen) atoms. The lowest BCUT2D eigenvalue weighted by atomic mass is 9.95. The van der Waals surface area contributed by atoms with Gasteiger partial charge in [0.2, 0.25) is 0 Å². The fourth-order valence-corrected chi connectivity index (χ4v) is 2.66. The molecule has 0 saturated heterocycles. The average Bonchev–Trinajstić information content (AvgIpc) is 2.46. The standard InChI is InChI=1S/C16H21BrF3NO2/c1-3-6-11-12(23-8-5-4-7-17)9-10(2)13(14(11)22)15(21)16(18,19)20/h9,21-22H,3-8H2,1-2H3. The Labute approximate surface area is 142 Å². The molecule has 2 N–H and O–H groups in total. The summed E-state index contributed by atoms with van der Waals surface area (Å²) in [6.07, 6.45) is -2.04. The number of alkyl halides is 4. The van der Waals surface area contributed by atoms with Crippen LogP contribution in [0.2, 0.25) is 0 Å². The zero-order valence-electron chi connectivity index (χ0n) is 13.2. The van der Waals surface area contributed by atoms with E-state index < -0.39 is 23.2 Å². The number of aryl methyl sites for hydroxylation is 1. The first kappa shape index (κ1) is 19.8. The van der Waals surface area contributed by atoms with Crippen LogP contribution in [0.5, 0.6) is 11.5 Å². The summed E-state index contributed by atoms with van der Waals surface area (Å²) in [5.74, 6) is -0.0974. The first-order valence-corrected chi connectivity index (χ1v) is 8.56. The van der Waals surface area contributed by atoms with Crippen molar-refractivity contribution in [2.75, 3.05) is 11.9 Å². The Hall–Kier alpha value is -1.24. The van der Waals surface area contributed by atoms with Gasteiger partial charge in [-0.3, -0.25) is 5.41 Å². The van der Waals surface area contributed by atoms with Crippen molar-refractivity contribution in [2.45, 2.75) is 45.7 Å². The molecule has 0 radical (unpaired) electrons. The second-order valence-electron chi connectivity index (χ2n) is 5.26. The molecule has 1 aromatic carbocycles. The summed E-state index contributed by atoms with van der Waals surface area (Å²) in [5, 5.41) is 18.5. The van der Waals surface area contributed by atoms with Crippen molar-refractivity contribution in [1.82, 2.24) is 0 Å². The van der Waals surface area contributed by atoms with Crippen LogP contribution >= 0.6 is 15.9 Å². The van der Waals surface area contributed by atoms with Gasteiger partial charge in [0.05, 0.1) is 6.61 Å². The van der Waals surface area contributed by atoms with Crippen LogP contribution < -0.4 is 4.74 Å². The maximum atomic E-state index is 12.8. The van der Waals surface area contributed by atoms with E-state index in [2.05, 4.69) is 15.9 Å². The molecule has 0 bridgehead atoms. The summed E-state index contributed by atoms with van der Waals surface area (Å²) in [6, 6.07) is 1.48. The second kappa shape index (κ2) is 8.57. The summed E-state index contributed by atoms with van der Waals surface area (Å²) < 4.78 is 44.1. The van der Waals surface area contributed by atoms with Gasteiger partial charge in [-0.2, -0.15) is 13.2 Å². The molecule has 0 aliphatic carbocycles. The molecule has 1 aromatic rings. The average molecular weight is 396 g/mol. The molecule has 0 amide bonds. The minimum atomic E-state index is -4.80. The van der Waals surface area contributed by atoms with Gasteiger partial charge in [0, 0.05) is 16.5 Å². The number of ether oxygens (including phenoxy) is 1. The van der Waals surface area contributed by atoms with Gasteiger partial charge in [-0.15, -0.1) is 0 Å². The van der Waals surface area contributed by atoms with Gasteiger partial charge in [0.25, 0.3) is 0 Å². The van der Waals surface area contributed by atoms with Crippen LogP contribution in [0.4, 0.5) is 13.2 Å². The van der Waals surface area contributed by atoms with E-state index in [9.17, 15) is 18.3 Å². The number of rotatable bonds is 8.